The minimum Gasteiger partial charge on any atom is -0.366 e. The highest BCUT2D eigenvalue weighted by Crippen LogP contribution is 2.18. The highest BCUT2D eigenvalue weighted by atomic mass is 19.4. The van der Waals surface area contributed by atoms with Gasteiger partial charge in [-0.1, -0.05) is 30.3 Å². The molecule has 1 aliphatic heterocycles. The van der Waals surface area contributed by atoms with Crippen molar-refractivity contribution in [2.75, 3.05) is 33.2 Å². The van der Waals surface area contributed by atoms with E-state index in [0.29, 0.717) is 19.2 Å². The molecule has 0 bridgehead atoms. The van der Waals surface area contributed by atoms with Crippen molar-refractivity contribution >= 4 is 5.78 Å². The van der Waals surface area contributed by atoms with E-state index in [1.165, 1.54) is 11.8 Å². The molecule has 0 spiro atoms. The van der Waals surface area contributed by atoms with Crippen LogP contribution in [0.15, 0.2) is 42.6 Å². The molecule has 1 aromatic carbocycles. The Morgan fingerprint density at radius 2 is 1.82 bits per heavy atom. The molecular weight excluding hydrogens is 293 g/mol. The van der Waals surface area contributed by atoms with E-state index in [1.54, 1.807) is 4.90 Å². The topological polar surface area (TPSA) is 20.3 Å². The number of carbonyl (C=O) groups is 1. The second kappa shape index (κ2) is 6.52. The summed E-state index contributed by atoms with van der Waals surface area (Å²) in [5.41, 5.74) is 1.25. The summed E-state index contributed by atoms with van der Waals surface area (Å²) in [6.45, 7) is 3.86. The van der Waals surface area contributed by atoms with Gasteiger partial charge < -0.3 is 9.38 Å². The van der Waals surface area contributed by atoms with Gasteiger partial charge in [-0.05, 0) is 0 Å². The molecular formula is C16H20F3N2O+. The highest BCUT2D eigenvalue weighted by Gasteiger charge is 2.36. The third-order valence-corrected chi connectivity index (χ3v) is 3.98. The van der Waals surface area contributed by atoms with E-state index in [1.807, 2.05) is 18.2 Å². The fraction of sp³-hybridized carbons (Fsp3) is 0.438. The van der Waals surface area contributed by atoms with Gasteiger partial charge in [0.1, 0.15) is 6.54 Å². The summed E-state index contributed by atoms with van der Waals surface area (Å²) >= 11 is 0. The number of hydrogen-bond donors (Lipinski definition) is 0. The van der Waals surface area contributed by atoms with Gasteiger partial charge in [-0.3, -0.25) is 4.79 Å². The van der Waals surface area contributed by atoms with Crippen LogP contribution in [0.2, 0.25) is 0 Å². The number of rotatable bonds is 4. The summed E-state index contributed by atoms with van der Waals surface area (Å²) in [4.78, 5) is 12.6. The Hall–Kier alpha value is -1.82. The molecule has 22 heavy (non-hydrogen) atoms. The number of quaternary nitrogens is 1. The van der Waals surface area contributed by atoms with Crippen LogP contribution in [0.3, 0.4) is 0 Å². The van der Waals surface area contributed by atoms with Crippen LogP contribution < -0.4 is 0 Å². The Kier molecular flexibility index (Phi) is 4.90. The second-order valence-electron chi connectivity index (χ2n) is 5.92. The SMILES string of the molecule is C[N+]1(Cc2ccccc2)CCN(/C=C/C(=O)C(F)(F)F)CC1. The van der Waals surface area contributed by atoms with Gasteiger partial charge in [0, 0.05) is 17.8 Å². The summed E-state index contributed by atoms with van der Waals surface area (Å²) in [6, 6.07) is 10.1. The number of benzene rings is 1. The lowest BCUT2D eigenvalue weighted by atomic mass is 10.1. The molecule has 0 N–H and O–H groups in total. The zero-order chi connectivity index (χ0) is 16.2. The molecule has 0 amide bonds. The van der Waals surface area contributed by atoms with Crippen LogP contribution in [-0.2, 0) is 11.3 Å². The Bertz CT molecular complexity index is 532. The summed E-state index contributed by atoms with van der Waals surface area (Å²) in [7, 11) is 2.15. The third kappa shape index (κ3) is 4.59. The van der Waals surface area contributed by atoms with Crippen LogP contribution in [0.25, 0.3) is 0 Å². The van der Waals surface area contributed by atoms with Crippen LogP contribution in [0.5, 0.6) is 0 Å². The fourth-order valence-electron chi connectivity index (χ4n) is 2.56. The molecule has 1 heterocycles. The number of carbonyl (C=O) groups excluding carboxylic acids is 1. The van der Waals surface area contributed by atoms with E-state index >= 15 is 0 Å². The lowest BCUT2D eigenvalue weighted by Gasteiger charge is -2.41. The van der Waals surface area contributed by atoms with Crippen molar-refractivity contribution in [1.82, 2.24) is 4.90 Å². The number of piperazine rings is 1. The van der Waals surface area contributed by atoms with Gasteiger partial charge in [0.25, 0.3) is 5.78 Å². The molecule has 0 atom stereocenters. The first-order chi connectivity index (χ1) is 10.3. The molecule has 0 saturated carbocycles. The predicted molar refractivity (Wildman–Crippen MR) is 77.8 cm³/mol. The summed E-state index contributed by atoms with van der Waals surface area (Å²) in [6.07, 6.45) is -2.90. The molecule has 1 aliphatic rings. The van der Waals surface area contributed by atoms with E-state index in [0.717, 1.165) is 24.1 Å². The molecule has 3 nitrogen and oxygen atoms in total. The molecule has 120 valence electrons. The first-order valence-corrected chi connectivity index (χ1v) is 7.19. The van der Waals surface area contributed by atoms with Gasteiger partial charge in [-0.15, -0.1) is 0 Å². The van der Waals surface area contributed by atoms with Gasteiger partial charge in [0.05, 0.1) is 33.2 Å². The number of hydrogen-bond acceptors (Lipinski definition) is 2. The van der Waals surface area contributed by atoms with Crippen molar-refractivity contribution in [3.8, 4) is 0 Å². The van der Waals surface area contributed by atoms with Crippen LogP contribution in [0.4, 0.5) is 13.2 Å². The average molecular weight is 313 g/mol. The number of likely N-dealkylation sites (N-methyl/N-ethyl adjacent to an activating group) is 1. The molecule has 1 saturated heterocycles. The Morgan fingerprint density at radius 3 is 2.36 bits per heavy atom. The molecule has 0 aromatic heterocycles. The largest absolute Gasteiger partial charge is 0.454 e. The van der Waals surface area contributed by atoms with Gasteiger partial charge in [-0.2, -0.15) is 13.2 Å². The maximum atomic E-state index is 12.1. The molecule has 2 rings (SSSR count). The molecule has 0 aliphatic carbocycles. The summed E-state index contributed by atoms with van der Waals surface area (Å²) in [5.74, 6) is -1.81. The van der Waals surface area contributed by atoms with Crippen molar-refractivity contribution in [2.24, 2.45) is 0 Å². The van der Waals surface area contributed by atoms with Crippen molar-refractivity contribution in [1.29, 1.82) is 0 Å². The first kappa shape index (κ1) is 16.5. The number of nitrogens with zero attached hydrogens (tertiary/aromatic N) is 2. The van der Waals surface area contributed by atoms with E-state index in [2.05, 4.69) is 19.2 Å². The van der Waals surface area contributed by atoms with Gasteiger partial charge >= 0.3 is 6.18 Å². The maximum Gasteiger partial charge on any atom is 0.454 e. The van der Waals surface area contributed by atoms with Crippen LogP contribution in [-0.4, -0.2) is 54.6 Å². The molecule has 0 radical (unpaired) electrons. The normalized spacial score (nSPS) is 18.6. The van der Waals surface area contributed by atoms with Crippen molar-refractivity contribution in [3.63, 3.8) is 0 Å². The molecule has 0 unspecified atom stereocenters. The predicted octanol–water partition coefficient (Wildman–Crippen LogP) is 2.59. The highest BCUT2D eigenvalue weighted by molar-refractivity contribution is 5.94. The van der Waals surface area contributed by atoms with Crippen molar-refractivity contribution in [2.45, 2.75) is 12.7 Å². The van der Waals surface area contributed by atoms with Crippen molar-refractivity contribution < 1.29 is 22.4 Å². The monoisotopic (exact) mass is 313 g/mol. The maximum absolute atomic E-state index is 12.1. The Labute approximate surface area is 128 Å². The smallest absolute Gasteiger partial charge is 0.366 e. The number of ketones is 1. The molecule has 6 heteroatoms. The summed E-state index contributed by atoms with van der Waals surface area (Å²) in [5, 5.41) is 0. The zero-order valence-corrected chi connectivity index (χ0v) is 12.5. The number of alkyl halides is 3. The standard InChI is InChI=1S/C16H20F3N2O/c1-21(13-14-5-3-2-4-6-14)11-9-20(10-12-21)8-7-15(22)16(17,18)19/h2-8H,9-13H2,1H3/q+1/b8-7+. The molecule has 1 fully saturated rings. The van der Waals surface area contributed by atoms with E-state index in [-0.39, 0.29) is 0 Å². The van der Waals surface area contributed by atoms with E-state index in [4.69, 9.17) is 0 Å². The van der Waals surface area contributed by atoms with E-state index < -0.39 is 12.0 Å². The Morgan fingerprint density at radius 1 is 1.23 bits per heavy atom. The second-order valence-corrected chi connectivity index (χ2v) is 5.92. The van der Waals surface area contributed by atoms with Gasteiger partial charge in [-0.25, -0.2) is 0 Å². The summed E-state index contributed by atoms with van der Waals surface area (Å²) < 4.78 is 37.3. The first-order valence-electron chi connectivity index (χ1n) is 7.19. The lowest BCUT2D eigenvalue weighted by Crippen LogP contribution is -2.55. The van der Waals surface area contributed by atoms with Crippen molar-refractivity contribution in [3.05, 3.63) is 48.2 Å². The minimum absolute atomic E-state index is 0.618. The van der Waals surface area contributed by atoms with Crippen LogP contribution >= 0.6 is 0 Å². The lowest BCUT2D eigenvalue weighted by molar-refractivity contribution is -0.926. The van der Waals surface area contributed by atoms with Crippen LogP contribution in [0, 0.1) is 0 Å². The fourth-order valence-corrected chi connectivity index (χ4v) is 2.56. The Balaban J connectivity index is 1.87. The van der Waals surface area contributed by atoms with Crippen LogP contribution in [0.1, 0.15) is 5.56 Å². The quantitative estimate of drug-likeness (QED) is 0.629. The third-order valence-electron chi connectivity index (χ3n) is 3.98. The number of allylic oxidation sites excluding steroid dienone is 1. The van der Waals surface area contributed by atoms with Gasteiger partial charge in [0.2, 0.25) is 0 Å². The minimum atomic E-state index is -4.79. The molecule has 1 aromatic rings. The average Bonchev–Trinajstić information content (AvgIpc) is 2.46. The zero-order valence-electron chi connectivity index (χ0n) is 12.5. The van der Waals surface area contributed by atoms with E-state index in [9.17, 15) is 18.0 Å². The van der Waals surface area contributed by atoms with Gasteiger partial charge in [0.15, 0.2) is 0 Å². The number of halogens is 3.